The van der Waals surface area contributed by atoms with Gasteiger partial charge in [-0.2, -0.15) is 0 Å². The molecule has 1 atom stereocenters. The first kappa shape index (κ1) is 78.1. The zero-order chi connectivity index (χ0) is 58.5. The second kappa shape index (κ2) is 69.6. The third kappa shape index (κ3) is 67.8. The predicted molar refractivity (Wildman–Crippen MR) is 353 cm³/mol. The van der Waals surface area contributed by atoms with Gasteiger partial charge in [0.25, 0.3) is 0 Å². The minimum Gasteiger partial charge on any atom is -0.462 e. The maximum Gasteiger partial charge on any atom is 0.306 e. The average molecular weight is 1130 g/mol. The Kier molecular flexibility index (Phi) is 67.1. The molecule has 472 valence electrons. The van der Waals surface area contributed by atoms with Crippen molar-refractivity contribution < 1.29 is 28.6 Å². The van der Waals surface area contributed by atoms with E-state index in [1.54, 1.807) is 0 Å². The Morgan fingerprint density at radius 2 is 0.481 bits per heavy atom. The van der Waals surface area contributed by atoms with Gasteiger partial charge in [0.1, 0.15) is 13.2 Å². The monoisotopic (exact) mass is 1130 g/mol. The van der Waals surface area contributed by atoms with Gasteiger partial charge >= 0.3 is 17.9 Å². The molecule has 0 amide bonds. The smallest absolute Gasteiger partial charge is 0.306 e. The summed E-state index contributed by atoms with van der Waals surface area (Å²) in [5.74, 6) is -0.870. The third-order valence-corrected chi connectivity index (χ3v) is 16.0. The molecule has 0 aliphatic carbocycles. The summed E-state index contributed by atoms with van der Waals surface area (Å²) in [5, 5.41) is 0. The van der Waals surface area contributed by atoms with Crippen LogP contribution in [0.2, 0.25) is 0 Å². The van der Waals surface area contributed by atoms with Gasteiger partial charge in [0.2, 0.25) is 0 Å². The Labute approximate surface area is 504 Å². The van der Waals surface area contributed by atoms with Gasteiger partial charge in [0.15, 0.2) is 6.10 Å². The van der Waals surface area contributed by atoms with Crippen molar-refractivity contribution in [1.82, 2.24) is 0 Å². The highest BCUT2D eigenvalue weighted by Crippen LogP contribution is 2.19. The lowest BCUT2D eigenvalue weighted by Crippen LogP contribution is -2.30. The van der Waals surface area contributed by atoms with Crippen molar-refractivity contribution in [3.8, 4) is 0 Å². The molecule has 0 aliphatic heterocycles. The van der Waals surface area contributed by atoms with Gasteiger partial charge in [-0.25, -0.2) is 0 Å². The van der Waals surface area contributed by atoms with E-state index in [2.05, 4.69) is 81.5 Å². The fraction of sp³-hybridized carbons (Fsp3) is 0.827. The summed E-state index contributed by atoms with van der Waals surface area (Å²) in [7, 11) is 0. The van der Waals surface area contributed by atoms with Gasteiger partial charge in [0, 0.05) is 19.3 Å². The Bertz CT molecular complexity index is 1440. The molecule has 6 heteroatoms. The van der Waals surface area contributed by atoms with E-state index in [0.717, 1.165) is 109 Å². The summed E-state index contributed by atoms with van der Waals surface area (Å²) >= 11 is 0. The molecule has 0 aromatic carbocycles. The Morgan fingerprint density at radius 1 is 0.259 bits per heavy atom. The summed E-state index contributed by atoms with van der Waals surface area (Å²) in [5.41, 5.74) is 0. The van der Waals surface area contributed by atoms with Gasteiger partial charge in [-0.1, -0.05) is 358 Å². The summed E-state index contributed by atoms with van der Waals surface area (Å²) in [6.45, 7) is 6.58. The van der Waals surface area contributed by atoms with E-state index in [0.29, 0.717) is 19.3 Å². The van der Waals surface area contributed by atoms with Crippen LogP contribution < -0.4 is 0 Å². The first-order valence-corrected chi connectivity index (χ1v) is 35.8. The molecule has 0 heterocycles. The molecule has 6 nitrogen and oxygen atoms in total. The first-order chi connectivity index (χ1) is 40.0. The van der Waals surface area contributed by atoms with Crippen molar-refractivity contribution in [2.45, 2.75) is 386 Å². The fourth-order valence-corrected chi connectivity index (χ4v) is 10.7. The number of rotatable bonds is 66. The van der Waals surface area contributed by atoms with Gasteiger partial charge in [-0.05, 0) is 64.2 Å². The van der Waals surface area contributed by atoms with Crippen LogP contribution in [-0.2, 0) is 28.6 Å². The highest BCUT2D eigenvalue weighted by Gasteiger charge is 2.19. The standard InChI is InChI=1S/C75H136O6/c1-4-7-10-13-16-19-22-25-28-30-32-34-35-36-37-38-39-41-42-44-47-50-53-56-59-62-65-68-74(77)80-71-72(70-79-73(76)67-64-61-58-55-52-49-46-27-24-21-18-15-12-9-6-3)81-75(78)69-66-63-60-57-54-51-48-45-43-40-33-31-29-26-23-20-17-14-11-8-5-2/h8,11,17,20,26,29,33,40,45,48,72H,4-7,9-10,12-16,18-19,21-25,27-28,30-32,34-39,41-44,46-47,49-71H2,1-3H3/b11-8-,20-17-,29-26-,40-33-,48-45-. The Morgan fingerprint density at radius 3 is 0.753 bits per heavy atom. The Hall–Kier alpha value is -2.89. The van der Waals surface area contributed by atoms with Crippen LogP contribution in [0, 0.1) is 0 Å². The summed E-state index contributed by atoms with van der Waals surface area (Å²) in [6, 6.07) is 0. The molecule has 1 unspecified atom stereocenters. The van der Waals surface area contributed by atoms with Crippen LogP contribution in [-0.4, -0.2) is 37.2 Å². The normalized spacial score (nSPS) is 12.4. The molecule has 81 heavy (non-hydrogen) atoms. The van der Waals surface area contributed by atoms with Crippen molar-refractivity contribution in [2.75, 3.05) is 13.2 Å². The maximum absolute atomic E-state index is 12.9. The van der Waals surface area contributed by atoms with E-state index in [-0.39, 0.29) is 31.1 Å². The lowest BCUT2D eigenvalue weighted by atomic mass is 10.0. The van der Waals surface area contributed by atoms with E-state index in [9.17, 15) is 14.4 Å². The fourth-order valence-electron chi connectivity index (χ4n) is 10.7. The molecule has 0 spiro atoms. The number of unbranched alkanes of at least 4 members (excludes halogenated alkanes) is 45. The van der Waals surface area contributed by atoms with E-state index in [1.807, 2.05) is 0 Å². The quantitative estimate of drug-likeness (QED) is 0.0261. The van der Waals surface area contributed by atoms with Crippen molar-refractivity contribution in [3.05, 3.63) is 60.8 Å². The number of hydrogen-bond acceptors (Lipinski definition) is 6. The van der Waals surface area contributed by atoms with Crippen LogP contribution in [0.4, 0.5) is 0 Å². The van der Waals surface area contributed by atoms with Gasteiger partial charge < -0.3 is 14.2 Å². The third-order valence-electron chi connectivity index (χ3n) is 16.0. The summed E-state index contributed by atoms with van der Waals surface area (Å²) in [6.07, 6.45) is 89.7. The second-order valence-electron chi connectivity index (χ2n) is 24.1. The number of carbonyl (C=O) groups excluding carboxylic acids is 3. The summed E-state index contributed by atoms with van der Waals surface area (Å²) in [4.78, 5) is 38.5. The topological polar surface area (TPSA) is 78.9 Å². The van der Waals surface area contributed by atoms with Gasteiger partial charge in [-0.3, -0.25) is 14.4 Å². The highest BCUT2D eigenvalue weighted by molar-refractivity contribution is 5.71. The van der Waals surface area contributed by atoms with Crippen LogP contribution in [0.15, 0.2) is 60.8 Å². The van der Waals surface area contributed by atoms with Crippen molar-refractivity contribution in [3.63, 3.8) is 0 Å². The second-order valence-corrected chi connectivity index (χ2v) is 24.1. The zero-order valence-corrected chi connectivity index (χ0v) is 54.3. The largest absolute Gasteiger partial charge is 0.462 e. The van der Waals surface area contributed by atoms with Crippen LogP contribution >= 0.6 is 0 Å². The van der Waals surface area contributed by atoms with Crippen LogP contribution in [0.25, 0.3) is 0 Å². The minimum absolute atomic E-state index is 0.0773. The molecular formula is C75H136O6. The molecule has 0 bridgehead atoms. The average Bonchev–Trinajstić information content (AvgIpc) is 3.47. The van der Waals surface area contributed by atoms with E-state index < -0.39 is 6.10 Å². The lowest BCUT2D eigenvalue weighted by Gasteiger charge is -2.18. The van der Waals surface area contributed by atoms with Crippen molar-refractivity contribution in [1.29, 1.82) is 0 Å². The first-order valence-electron chi connectivity index (χ1n) is 35.8. The summed E-state index contributed by atoms with van der Waals surface area (Å²) < 4.78 is 17.0. The van der Waals surface area contributed by atoms with E-state index >= 15 is 0 Å². The lowest BCUT2D eigenvalue weighted by molar-refractivity contribution is -0.167. The number of ether oxygens (including phenoxy) is 3. The molecule has 0 radical (unpaired) electrons. The maximum atomic E-state index is 12.9. The zero-order valence-electron chi connectivity index (χ0n) is 54.3. The van der Waals surface area contributed by atoms with Crippen LogP contribution in [0.5, 0.6) is 0 Å². The minimum atomic E-state index is -0.784. The van der Waals surface area contributed by atoms with Crippen LogP contribution in [0.3, 0.4) is 0 Å². The molecule has 0 aliphatic rings. The molecule has 0 fully saturated rings. The Balaban J connectivity index is 4.28. The molecule has 0 aromatic rings. The number of esters is 3. The molecule has 0 aromatic heterocycles. The molecule has 0 rings (SSSR count). The van der Waals surface area contributed by atoms with Gasteiger partial charge in [0.05, 0.1) is 0 Å². The number of hydrogen-bond donors (Lipinski definition) is 0. The number of carbonyl (C=O) groups is 3. The number of allylic oxidation sites excluding steroid dienone is 10. The molecule has 0 N–H and O–H groups in total. The van der Waals surface area contributed by atoms with Crippen molar-refractivity contribution >= 4 is 17.9 Å². The predicted octanol–water partition coefficient (Wildman–Crippen LogP) is 24.7. The van der Waals surface area contributed by atoms with E-state index in [1.165, 1.54) is 231 Å². The highest BCUT2D eigenvalue weighted by atomic mass is 16.6. The molecule has 0 saturated heterocycles. The molecular weight excluding hydrogens is 997 g/mol. The SMILES string of the molecule is CC/C=C\C/C=C\C/C=C\C/C=C\C/C=C\CCCCCCCC(=O)OC(COC(=O)CCCCCCCCCCCCCCCCC)COC(=O)CCCCCCCCCCCCCCCCCCCCCCCCCCCCC. The van der Waals surface area contributed by atoms with Crippen LogP contribution in [0.1, 0.15) is 380 Å². The van der Waals surface area contributed by atoms with Crippen molar-refractivity contribution in [2.24, 2.45) is 0 Å². The van der Waals surface area contributed by atoms with Gasteiger partial charge in [-0.15, -0.1) is 0 Å². The van der Waals surface area contributed by atoms with E-state index in [4.69, 9.17) is 14.2 Å². The molecule has 0 saturated carbocycles.